The van der Waals surface area contributed by atoms with Gasteiger partial charge in [-0.25, -0.2) is 4.68 Å². The van der Waals surface area contributed by atoms with Crippen LogP contribution in [0, 0.1) is 0 Å². The van der Waals surface area contributed by atoms with E-state index in [1.165, 1.54) is 4.68 Å². The number of aliphatic hydroxyl groups is 1. The molecule has 2 N–H and O–H groups in total. The minimum atomic E-state index is -0.200. The monoisotopic (exact) mass is 287 g/mol. The Morgan fingerprint density at radius 2 is 2.44 bits per heavy atom. The van der Waals surface area contributed by atoms with Crippen LogP contribution in [0.3, 0.4) is 0 Å². The Balaban J connectivity index is 2.85. The van der Waals surface area contributed by atoms with Crippen LogP contribution in [-0.2, 0) is 6.54 Å². The summed E-state index contributed by atoms with van der Waals surface area (Å²) in [6.45, 7) is 4.65. The molecule has 0 saturated carbocycles. The van der Waals surface area contributed by atoms with Gasteiger partial charge in [0.2, 0.25) is 0 Å². The zero-order valence-electron chi connectivity index (χ0n) is 8.82. The predicted octanol–water partition coefficient (Wildman–Crippen LogP) is 0.986. The molecule has 0 fully saturated rings. The van der Waals surface area contributed by atoms with Crippen molar-refractivity contribution in [2.45, 2.75) is 13.0 Å². The van der Waals surface area contributed by atoms with Crippen LogP contribution >= 0.6 is 15.9 Å². The fourth-order valence-corrected chi connectivity index (χ4v) is 1.59. The fraction of sp³-hybridized carbons (Fsp3) is 0.400. The number of aliphatic hydroxyl groups excluding tert-OH is 1. The first-order valence-corrected chi connectivity index (χ1v) is 5.71. The Morgan fingerprint density at radius 3 is 3.06 bits per heavy atom. The highest BCUT2D eigenvalue weighted by Crippen LogP contribution is 2.15. The zero-order chi connectivity index (χ0) is 12.0. The van der Waals surface area contributed by atoms with Crippen molar-refractivity contribution in [3.63, 3.8) is 0 Å². The quantitative estimate of drug-likeness (QED) is 0.605. The molecule has 0 unspecified atom stereocenters. The molecule has 0 aromatic carbocycles. The lowest BCUT2D eigenvalue weighted by molar-refractivity contribution is 0.292. The molecule has 0 aliphatic carbocycles. The molecular formula is C10H14BrN3O2. The van der Waals surface area contributed by atoms with Gasteiger partial charge in [0.05, 0.1) is 18.4 Å². The van der Waals surface area contributed by atoms with Gasteiger partial charge in [-0.3, -0.25) is 4.79 Å². The summed E-state index contributed by atoms with van der Waals surface area (Å²) in [5, 5.41) is 15.6. The van der Waals surface area contributed by atoms with Crippen LogP contribution in [0.5, 0.6) is 0 Å². The SMILES string of the molecule is C=CCn1ncc(NCCCO)c(Br)c1=O. The highest BCUT2D eigenvalue weighted by Gasteiger charge is 2.06. The van der Waals surface area contributed by atoms with Crippen LogP contribution < -0.4 is 10.9 Å². The molecule has 6 heteroatoms. The lowest BCUT2D eigenvalue weighted by Gasteiger charge is -2.08. The number of hydrogen-bond donors (Lipinski definition) is 2. The Labute approximate surface area is 102 Å². The number of aromatic nitrogens is 2. The van der Waals surface area contributed by atoms with E-state index in [1.807, 2.05) is 0 Å². The molecular weight excluding hydrogens is 274 g/mol. The van der Waals surface area contributed by atoms with Gasteiger partial charge in [0.15, 0.2) is 0 Å². The minimum absolute atomic E-state index is 0.117. The van der Waals surface area contributed by atoms with E-state index in [-0.39, 0.29) is 12.2 Å². The van der Waals surface area contributed by atoms with Crippen molar-refractivity contribution in [2.24, 2.45) is 0 Å². The van der Waals surface area contributed by atoms with E-state index >= 15 is 0 Å². The summed E-state index contributed by atoms with van der Waals surface area (Å²) in [4.78, 5) is 11.7. The van der Waals surface area contributed by atoms with Crippen LogP contribution in [-0.4, -0.2) is 28.0 Å². The summed E-state index contributed by atoms with van der Waals surface area (Å²) in [5.74, 6) is 0. The van der Waals surface area contributed by atoms with Gasteiger partial charge in [0.1, 0.15) is 4.47 Å². The van der Waals surface area contributed by atoms with Crippen LogP contribution in [0.2, 0.25) is 0 Å². The van der Waals surface area contributed by atoms with Gasteiger partial charge in [0, 0.05) is 13.2 Å². The number of allylic oxidation sites excluding steroid dienone is 1. The third-order valence-corrected chi connectivity index (χ3v) is 2.70. The molecule has 1 rings (SSSR count). The fourth-order valence-electron chi connectivity index (χ4n) is 1.14. The molecule has 0 aliphatic rings. The van der Waals surface area contributed by atoms with Gasteiger partial charge in [-0.2, -0.15) is 5.10 Å². The summed E-state index contributed by atoms with van der Waals surface area (Å²) < 4.78 is 1.76. The molecule has 0 bridgehead atoms. The van der Waals surface area contributed by atoms with Crippen molar-refractivity contribution in [3.05, 3.63) is 33.7 Å². The molecule has 16 heavy (non-hydrogen) atoms. The van der Waals surface area contributed by atoms with E-state index in [1.54, 1.807) is 12.3 Å². The standard InChI is InChI=1S/C10H14BrN3O2/c1-2-5-14-10(16)9(11)8(7-13-14)12-4-3-6-15/h2,7,12,15H,1,3-6H2. The summed E-state index contributed by atoms with van der Waals surface area (Å²) in [5.41, 5.74) is 0.438. The second-order valence-electron chi connectivity index (χ2n) is 3.15. The van der Waals surface area contributed by atoms with Gasteiger partial charge in [0.25, 0.3) is 5.56 Å². The summed E-state index contributed by atoms with van der Waals surface area (Å²) in [7, 11) is 0. The Hall–Kier alpha value is -1.14. The van der Waals surface area contributed by atoms with Crippen LogP contribution in [0.4, 0.5) is 5.69 Å². The van der Waals surface area contributed by atoms with Gasteiger partial charge < -0.3 is 10.4 Å². The molecule has 0 amide bonds. The molecule has 0 atom stereocenters. The third-order valence-electron chi connectivity index (χ3n) is 1.94. The first-order valence-electron chi connectivity index (χ1n) is 4.92. The van der Waals surface area contributed by atoms with Crippen LogP contribution in [0.15, 0.2) is 28.1 Å². The highest BCUT2D eigenvalue weighted by molar-refractivity contribution is 9.10. The number of halogens is 1. The molecule has 5 nitrogen and oxygen atoms in total. The number of rotatable bonds is 6. The Kier molecular flexibility index (Phi) is 5.21. The first kappa shape index (κ1) is 12.9. The van der Waals surface area contributed by atoms with Crippen molar-refractivity contribution >= 4 is 21.6 Å². The topological polar surface area (TPSA) is 67.2 Å². The normalized spacial score (nSPS) is 10.1. The summed E-state index contributed by atoms with van der Waals surface area (Å²) in [6.07, 6.45) is 3.81. The van der Waals surface area contributed by atoms with Gasteiger partial charge in [-0.1, -0.05) is 6.08 Å². The summed E-state index contributed by atoms with van der Waals surface area (Å²) in [6, 6.07) is 0. The van der Waals surface area contributed by atoms with Crippen molar-refractivity contribution in [1.29, 1.82) is 0 Å². The first-order chi connectivity index (χ1) is 7.70. The van der Waals surface area contributed by atoms with E-state index < -0.39 is 0 Å². The molecule has 88 valence electrons. The van der Waals surface area contributed by atoms with E-state index in [0.717, 1.165) is 0 Å². The average molecular weight is 288 g/mol. The maximum Gasteiger partial charge on any atom is 0.283 e. The molecule has 1 aromatic heterocycles. The van der Waals surface area contributed by atoms with Gasteiger partial charge in [-0.05, 0) is 22.4 Å². The van der Waals surface area contributed by atoms with Gasteiger partial charge >= 0.3 is 0 Å². The molecule has 0 spiro atoms. The second kappa shape index (κ2) is 6.44. The number of nitrogens with one attached hydrogen (secondary N) is 1. The zero-order valence-corrected chi connectivity index (χ0v) is 10.4. The van der Waals surface area contributed by atoms with E-state index in [4.69, 9.17) is 5.11 Å². The van der Waals surface area contributed by atoms with Crippen molar-refractivity contribution in [3.8, 4) is 0 Å². The third kappa shape index (κ3) is 3.18. The van der Waals surface area contributed by atoms with Crippen molar-refractivity contribution in [2.75, 3.05) is 18.5 Å². The lowest BCUT2D eigenvalue weighted by Crippen LogP contribution is -2.24. The predicted molar refractivity (Wildman–Crippen MR) is 66.6 cm³/mol. The van der Waals surface area contributed by atoms with Gasteiger partial charge in [-0.15, -0.1) is 6.58 Å². The van der Waals surface area contributed by atoms with E-state index in [9.17, 15) is 4.79 Å². The number of anilines is 1. The molecule has 1 aromatic rings. The van der Waals surface area contributed by atoms with Crippen LogP contribution in [0.1, 0.15) is 6.42 Å². The average Bonchev–Trinajstić information content (AvgIpc) is 2.28. The lowest BCUT2D eigenvalue weighted by atomic mass is 10.4. The molecule has 0 aliphatic heterocycles. The maximum absolute atomic E-state index is 11.7. The largest absolute Gasteiger partial charge is 0.396 e. The van der Waals surface area contributed by atoms with E-state index in [2.05, 4.69) is 32.9 Å². The Bertz CT molecular complexity index is 417. The molecule has 0 saturated heterocycles. The maximum atomic E-state index is 11.7. The summed E-state index contributed by atoms with van der Waals surface area (Å²) >= 11 is 3.22. The Morgan fingerprint density at radius 1 is 1.69 bits per heavy atom. The number of hydrogen-bond acceptors (Lipinski definition) is 4. The smallest absolute Gasteiger partial charge is 0.283 e. The number of nitrogens with zero attached hydrogens (tertiary/aromatic N) is 2. The van der Waals surface area contributed by atoms with E-state index in [0.29, 0.717) is 29.7 Å². The molecule has 0 radical (unpaired) electrons. The minimum Gasteiger partial charge on any atom is -0.396 e. The van der Waals surface area contributed by atoms with Crippen molar-refractivity contribution in [1.82, 2.24) is 9.78 Å². The molecule has 1 heterocycles. The van der Waals surface area contributed by atoms with Crippen LogP contribution in [0.25, 0.3) is 0 Å². The van der Waals surface area contributed by atoms with Crippen molar-refractivity contribution < 1.29 is 5.11 Å². The highest BCUT2D eigenvalue weighted by atomic mass is 79.9. The second-order valence-corrected chi connectivity index (χ2v) is 3.95.